The molecule has 0 unspecified atom stereocenters. The number of thiophene rings is 1. The monoisotopic (exact) mass is 501 g/mol. The molecule has 0 aliphatic carbocycles. The van der Waals surface area contributed by atoms with Gasteiger partial charge in [0.2, 0.25) is 10.0 Å². The Kier molecular flexibility index (Phi) is 7.25. The molecule has 34 heavy (non-hydrogen) atoms. The smallest absolute Gasteiger partial charge is 0.347 e. The number of sulfonamides is 1. The van der Waals surface area contributed by atoms with Gasteiger partial charge in [0.25, 0.3) is 0 Å². The molecule has 0 saturated heterocycles. The van der Waals surface area contributed by atoms with E-state index in [4.69, 9.17) is 14.6 Å². The molecular formula is C24H23NO7S2. The van der Waals surface area contributed by atoms with Crippen LogP contribution in [0.3, 0.4) is 0 Å². The molecule has 1 aromatic heterocycles. The second-order valence-electron chi connectivity index (χ2n) is 7.75. The van der Waals surface area contributed by atoms with Crippen LogP contribution in [0.1, 0.15) is 29.8 Å². The zero-order valence-corrected chi connectivity index (χ0v) is 20.3. The number of carboxylic acid groups (broad SMARTS) is 1. The third-order valence-corrected chi connectivity index (χ3v) is 6.71. The molecule has 0 spiro atoms. The molecule has 0 atom stereocenters. The number of primary sulfonamides is 1. The van der Waals surface area contributed by atoms with E-state index in [2.05, 4.69) is 0 Å². The second kappa shape index (κ2) is 9.80. The number of hydrogen-bond acceptors (Lipinski definition) is 7. The molecule has 0 fully saturated rings. The number of benzene rings is 2. The van der Waals surface area contributed by atoms with E-state index in [0.717, 1.165) is 10.4 Å². The minimum Gasteiger partial charge on any atom is -0.496 e. The molecule has 3 N–H and O–H groups in total. The Morgan fingerprint density at radius 2 is 1.76 bits per heavy atom. The van der Waals surface area contributed by atoms with Crippen LogP contribution in [0.4, 0.5) is 0 Å². The summed E-state index contributed by atoms with van der Waals surface area (Å²) in [5.41, 5.74) is -0.0643. The van der Waals surface area contributed by atoms with Crippen LogP contribution >= 0.6 is 11.3 Å². The van der Waals surface area contributed by atoms with E-state index in [-0.39, 0.29) is 16.2 Å². The normalized spacial score (nSPS) is 12.0. The lowest BCUT2D eigenvalue weighted by Gasteiger charge is -2.24. The van der Waals surface area contributed by atoms with E-state index in [1.807, 2.05) is 17.5 Å². The van der Waals surface area contributed by atoms with Gasteiger partial charge in [0.15, 0.2) is 11.4 Å². The molecule has 0 saturated carbocycles. The van der Waals surface area contributed by atoms with Crippen LogP contribution in [0, 0.1) is 0 Å². The molecule has 0 radical (unpaired) electrons. The SMILES string of the molecule is COc1cc(OC(C)(C)C(=O)O)c(/C=C/C(=O)c2ccc(S(N)(=O)=O)cc2)cc1-c1cccs1. The first-order valence-electron chi connectivity index (χ1n) is 9.96. The predicted octanol–water partition coefficient (Wildman–Crippen LogP) is 4.21. The van der Waals surface area contributed by atoms with Crippen molar-refractivity contribution in [1.29, 1.82) is 0 Å². The average Bonchev–Trinajstić information content (AvgIpc) is 3.31. The summed E-state index contributed by atoms with van der Waals surface area (Å²) in [6.45, 7) is 2.83. The van der Waals surface area contributed by atoms with Crippen molar-refractivity contribution in [2.24, 2.45) is 5.14 Å². The summed E-state index contributed by atoms with van der Waals surface area (Å²) in [6, 6.07) is 12.4. The van der Waals surface area contributed by atoms with Gasteiger partial charge in [0.1, 0.15) is 11.5 Å². The molecule has 1 heterocycles. The van der Waals surface area contributed by atoms with Crippen LogP contribution in [0.2, 0.25) is 0 Å². The minimum absolute atomic E-state index is 0.102. The maximum Gasteiger partial charge on any atom is 0.347 e. The number of methoxy groups -OCH3 is 1. The van der Waals surface area contributed by atoms with E-state index in [0.29, 0.717) is 11.3 Å². The second-order valence-corrected chi connectivity index (χ2v) is 10.3. The Labute approximate surface area is 201 Å². The molecule has 3 aromatic rings. The fourth-order valence-corrected chi connectivity index (χ4v) is 4.24. The highest BCUT2D eigenvalue weighted by Crippen LogP contribution is 2.39. The van der Waals surface area contributed by atoms with Crippen molar-refractivity contribution in [3.05, 3.63) is 71.1 Å². The van der Waals surface area contributed by atoms with Crippen LogP contribution in [-0.2, 0) is 14.8 Å². The third-order valence-electron chi connectivity index (χ3n) is 4.88. The van der Waals surface area contributed by atoms with Gasteiger partial charge in [-0.1, -0.05) is 6.07 Å². The molecule has 0 amide bonds. The van der Waals surface area contributed by atoms with Gasteiger partial charge in [-0.25, -0.2) is 18.4 Å². The zero-order valence-electron chi connectivity index (χ0n) is 18.6. The Hall–Kier alpha value is -3.47. The van der Waals surface area contributed by atoms with Gasteiger partial charge in [-0.15, -0.1) is 11.3 Å². The van der Waals surface area contributed by atoms with E-state index in [1.54, 1.807) is 12.1 Å². The van der Waals surface area contributed by atoms with E-state index in [9.17, 15) is 23.1 Å². The molecule has 0 bridgehead atoms. The predicted molar refractivity (Wildman–Crippen MR) is 130 cm³/mol. The van der Waals surface area contributed by atoms with Crippen LogP contribution in [0.5, 0.6) is 11.5 Å². The van der Waals surface area contributed by atoms with Gasteiger partial charge in [-0.2, -0.15) is 0 Å². The molecule has 178 valence electrons. The Morgan fingerprint density at radius 1 is 1.09 bits per heavy atom. The number of rotatable bonds is 9. The van der Waals surface area contributed by atoms with Gasteiger partial charge in [0, 0.05) is 27.6 Å². The number of aliphatic carboxylic acids is 1. The Bertz CT molecular complexity index is 1340. The third kappa shape index (κ3) is 5.71. The summed E-state index contributed by atoms with van der Waals surface area (Å²) in [5, 5.41) is 16.5. The van der Waals surface area contributed by atoms with E-state index < -0.39 is 27.4 Å². The first-order valence-corrected chi connectivity index (χ1v) is 12.4. The van der Waals surface area contributed by atoms with Crippen LogP contribution < -0.4 is 14.6 Å². The zero-order chi connectivity index (χ0) is 25.1. The molecule has 0 aliphatic rings. The van der Waals surface area contributed by atoms with Crippen LogP contribution in [0.15, 0.2) is 64.9 Å². The first-order chi connectivity index (χ1) is 15.9. The number of ether oxygens (including phenoxy) is 2. The highest BCUT2D eigenvalue weighted by atomic mass is 32.2. The largest absolute Gasteiger partial charge is 0.496 e. The minimum atomic E-state index is -3.87. The summed E-state index contributed by atoms with van der Waals surface area (Å²) in [6.07, 6.45) is 2.81. The number of hydrogen-bond donors (Lipinski definition) is 2. The summed E-state index contributed by atoms with van der Waals surface area (Å²) in [4.78, 5) is 25.1. The topological polar surface area (TPSA) is 133 Å². The highest BCUT2D eigenvalue weighted by Gasteiger charge is 2.30. The van der Waals surface area contributed by atoms with Crippen LogP contribution in [-0.4, -0.2) is 38.0 Å². The summed E-state index contributed by atoms with van der Waals surface area (Å²) < 4.78 is 34.1. The maximum absolute atomic E-state index is 12.7. The van der Waals surface area contributed by atoms with Gasteiger partial charge in [0.05, 0.1) is 12.0 Å². The van der Waals surface area contributed by atoms with Crippen molar-refractivity contribution >= 4 is 39.2 Å². The fraction of sp³-hybridized carbons (Fsp3) is 0.167. The lowest BCUT2D eigenvalue weighted by Crippen LogP contribution is -2.38. The van der Waals surface area contributed by atoms with Gasteiger partial charge < -0.3 is 14.6 Å². The molecule has 3 rings (SSSR count). The lowest BCUT2D eigenvalue weighted by atomic mass is 10.0. The number of ketones is 1. The number of carboxylic acids is 1. The number of carbonyl (C=O) groups is 2. The van der Waals surface area contributed by atoms with Crippen molar-refractivity contribution < 1.29 is 32.6 Å². The summed E-state index contributed by atoms with van der Waals surface area (Å²) in [5.74, 6) is -0.841. The van der Waals surface area contributed by atoms with Crippen molar-refractivity contribution in [2.75, 3.05) is 7.11 Å². The van der Waals surface area contributed by atoms with E-state index >= 15 is 0 Å². The lowest BCUT2D eigenvalue weighted by molar-refractivity contribution is -0.152. The highest BCUT2D eigenvalue weighted by molar-refractivity contribution is 7.89. The molecule has 2 aromatic carbocycles. The van der Waals surface area contributed by atoms with Gasteiger partial charge in [-0.05, 0) is 67.8 Å². The van der Waals surface area contributed by atoms with Crippen LogP contribution in [0.25, 0.3) is 16.5 Å². The molecule has 8 nitrogen and oxygen atoms in total. The van der Waals surface area contributed by atoms with Crippen molar-refractivity contribution in [3.63, 3.8) is 0 Å². The first kappa shape index (κ1) is 25.2. The number of allylic oxidation sites excluding steroid dienone is 1. The number of nitrogens with two attached hydrogens (primary N) is 1. The molecule has 10 heteroatoms. The average molecular weight is 502 g/mol. The molecule has 0 aliphatic heterocycles. The maximum atomic E-state index is 12.7. The quantitative estimate of drug-likeness (QED) is 0.331. The van der Waals surface area contributed by atoms with Crippen molar-refractivity contribution in [2.45, 2.75) is 24.3 Å². The van der Waals surface area contributed by atoms with Crippen molar-refractivity contribution in [1.82, 2.24) is 0 Å². The Morgan fingerprint density at radius 3 is 2.29 bits per heavy atom. The molecular weight excluding hydrogens is 478 g/mol. The van der Waals surface area contributed by atoms with E-state index in [1.165, 1.54) is 68.7 Å². The number of carbonyl (C=O) groups excluding carboxylic acids is 1. The van der Waals surface area contributed by atoms with Gasteiger partial charge >= 0.3 is 5.97 Å². The fourth-order valence-electron chi connectivity index (χ4n) is 2.98. The Balaban J connectivity index is 2.03. The van der Waals surface area contributed by atoms with Crippen molar-refractivity contribution in [3.8, 4) is 21.9 Å². The van der Waals surface area contributed by atoms with Gasteiger partial charge in [-0.3, -0.25) is 4.79 Å². The standard InChI is InChI=1S/C24H23NO7S2/c1-24(2,23(27)28)32-20-14-21(31-3)18(22-5-4-12-33-22)13-16(20)8-11-19(26)15-6-9-17(10-7-15)34(25,29)30/h4-14H,1-3H3,(H,27,28)(H2,25,29,30)/b11-8+. The summed E-state index contributed by atoms with van der Waals surface area (Å²) in [7, 11) is -2.37. The summed E-state index contributed by atoms with van der Waals surface area (Å²) >= 11 is 1.50.